The molecule has 0 saturated heterocycles. The first-order valence-corrected chi connectivity index (χ1v) is 7.34. The molecule has 0 fully saturated rings. The molecule has 92 valence electrons. The zero-order chi connectivity index (χ0) is 12.1. The van der Waals surface area contributed by atoms with Crippen LogP contribution in [0.2, 0.25) is 0 Å². The van der Waals surface area contributed by atoms with Crippen molar-refractivity contribution in [2.45, 2.75) is 19.3 Å². The highest BCUT2D eigenvalue weighted by Gasteiger charge is 2.09. The molecule has 1 aromatic carbocycles. The Bertz CT molecular complexity index is 406. The van der Waals surface area contributed by atoms with Gasteiger partial charge < -0.3 is 10.6 Å². The number of benzene rings is 1. The second-order valence-corrected chi connectivity index (χ2v) is 5.18. The maximum Gasteiger partial charge on any atom is 0.225 e. The number of nitrogens with one attached hydrogen (secondary N) is 2. The van der Waals surface area contributed by atoms with Gasteiger partial charge in [0.25, 0.3) is 0 Å². The Kier molecular flexibility index (Phi) is 4.31. The van der Waals surface area contributed by atoms with E-state index in [0.29, 0.717) is 6.42 Å². The van der Waals surface area contributed by atoms with Crippen LogP contribution in [0.3, 0.4) is 0 Å². The van der Waals surface area contributed by atoms with Crippen molar-refractivity contribution in [2.24, 2.45) is 0 Å². The van der Waals surface area contributed by atoms with Gasteiger partial charge in [-0.3, -0.25) is 4.79 Å². The number of amides is 1. The summed E-state index contributed by atoms with van der Waals surface area (Å²) in [6.07, 6.45) is 4.85. The molecule has 0 spiro atoms. The Morgan fingerprint density at radius 1 is 1.53 bits per heavy atom. The topological polar surface area (TPSA) is 41.1 Å². The van der Waals surface area contributed by atoms with Gasteiger partial charge in [0.1, 0.15) is 0 Å². The average Bonchev–Trinajstić information content (AvgIpc) is 2.36. The lowest BCUT2D eigenvalue weighted by Crippen LogP contribution is -2.14. The Hall–Kier alpha value is -1.16. The van der Waals surface area contributed by atoms with Crippen molar-refractivity contribution in [1.82, 2.24) is 0 Å². The van der Waals surface area contributed by atoms with Crippen molar-refractivity contribution in [3.8, 4) is 0 Å². The van der Waals surface area contributed by atoms with Gasteiger partial charge in [-0.25, -0.2) is 0 Å². The number of thioether (sulfide) groups is 1. The van der Waals surface area contributed by atoms with Crippen LogP contribution in [-0.2, 0) is 11.2 Å². The van der Waals surface area contributed by atoms with E-state index in [4.69, 9.17) is 0 Å². The molecule has 2 rings (SSSR count). The van der Waals surface area contributed by atoms with Gasteiger partial charge in [0.05, 0.1) is 0 Å². The summed E-state index contributed by atoms with van der Waals surface area (Å²) in [5, 5.41) is 6.31. The summed E-state index contributed by atoms with van der Waals surface area (Å²) >= 11 is 1.69. The van der Waals surface area contributed by atoms with Crippen LogP contribution in [0.5, 0.6) is 0 Å². The molecule has 0 bridgehead atoms. The van der Waals surface area contributed by atoms with Crippen molar-refractivity contribution in [3.63, 3.8) is 0 Å². The lowest BCUT2D eigenvalue weighted by atomic mass is 10.0. The van der Waals surface area contributed by atoms with E-state index in [9.17, 15) is 4.79 Å². The van der Waals surface area contributed by atoms with Gasteiger partial charge in [0, 0.05) is 30.1 Å². The normalized spacial score (nSPS) is 13.7. The summed E-state index contributed by atoms with van der Waals surface area (Å²) in [5.74, 6) is 0.973. The maximum atomic E-state index is 11.6. The fourth-order valence-corrected chi connectivity index (χ4v) is 2.36. The van der Waals surface area contributed by atoms with Gasteiger partial charge in [-0.05, 0) is 42.9 Å². The Morgan fingerprint density at radius 2 is 2.41 bits per heavy atom. The minimum Gasteiger partial charge on any atom is -0.385 e. The van der Waals surface area contributed by atoms with Gasteiger partial charge >= 0.3 is 0 Å². The summed E-state index contributed by atoms with van der Waals surface area (Å²) in [7, 11) is 0. The predicted octanol–water partition coefficient (Wildman–Crippen LogP) is 2.74. The number of hydrogen-bond acceptors (Lipinski definition) is 3. The highest BCUT2D eigenvalue weighted by Crippen LogP contribution is 2.25. The molecule has 0 aliphatic carbocycles. The van der Waals surface area contributed by atoms with Crippen molar-refractivity contribution >= 4 is 29.0 Å². The molecule has 1 aliphatic heterocycles. The molecule has 17 heavy (non-hydrogen) atoms. The Morgan fingerprint density at radius 3 is 3.24 bits per heavy atom. The van der Waals surface area contributed by atoms with E-state index in [2.05, 4.69) is 22.8 Å². The third kappa shape index (κ3) is 3.40. The zero-order valence-corrected chi connectivity index (χ0v) is 10.9. The molecule has 1 aliphatic rings. The molecule has 0 atom stereocenters. The largest absolute Gasteiger partial charge is 0.385 e. The van der Waals surface area contributed by atoms with Gasteiger partial charge in [0.15, 0.2) is 0 Å². The highest BCUT2D eigenvalue weighted by atomic mass is 32.2. The third-order valence-electron chi connectivity index (χ3n) is 2.86. The fourth-order valence-electron chi connectivity index (χ4n) is 1.97. The molecule has 3 nitrogen and oxygen atoms in total. The molecule has 1 amide bonds. The van der Waals surface area contributed by atoms with E-state index >= 15 is 0 Å². The van der Waals surface area contributed by atoms with E-state index < -0.39 is 0 Å². The Balaban J connectivity index is 1.99. The van der Waals surface area contributed by atoms with Crippen LogP contribution in [0, 0.1) is 0 Å². The Labute approximate surface area is 106 Å². The van der Waals surface area contributed by atoms with Crippen LogP contribution in [0.15, 0.2) is 18.2 Å². The number of rotatable bonds is 4. The lowest BCUT2D eigenvalue weighted by Gasteiger charge is -2.18. The number of hydrogen-bond donors (Lipinski definition) is 2. The van der Waals surface area contributed by atoms with Crippen molar-refractivity contribution < 1.29 is 4.79 Å². The molecule has 2 N–H and O–H groups in total. The monoisotopic (exact) mass is 250 g/mol. The summed E-state index contributed by atoms with van der Waals surface area (Å²) in [6.45, 7) is 1.05. The number of anilines is 2. The smallest absolute Gasteiger partial charge is 0.225 e. The molecular weight excluding hydrogens is 232 g/mol. The van der Waals surface area contributed by atoms with Crippen molar-refractivity contribution in [3.05, 3.63) is 23.8 Å². The zero-order valence-electron chi connectivity index (χ0n) is 10.1. The molecule has 4 heteroatoms. The number of carbonyl (C=O) groups is 1. The van der Waals surface area contributed by atoms with Gasteiger partial charge in [-0.15, -0.1) is 0 Å². The summed E-state index contributed by atoms with van der Waals surface area (Å²) in [6, 6.07) is 6.10. The van der Waals surface area contributed by atoms with Gasteiger partial charge in [-0.2, -0.15) is 11.8 Å². The molecule has 1 aromatic rings. The summed E-state index contributed by atoms with van der Waals surface area (Å²) in [4.78, 5) is 11.6. The SMILES string of the molecule is CSCCC(=O)Nc1ccc2c(c1)CCCN2. The van der Waals surface area contributed by atoms with E-state index in [0.717, 1.165) is 30.8 Å². The molecule has 0 unspecified atom stereocenters. The van der Waals surface area contributed by atoms with Crippen molar-refractivity contribution in [2.75, 3.05) is 29.2 Å². The van der Waals surface area contributed by atoms with E-state index in [1.807, 2.05) is 12.3 Å². The second kappa shape index (κ2) is 5.96. The first-order valence-electron chi connectivity index (χ1n) is 5.95. The van der Waals surface area contributed by atoms with E-state index in [-0.39, 0.29) is 5.91 Å². The van der Waals surface area contributed by atoms with Crippen LogP contribution in [0.4, 0.5) is 11.4 Å². The molecule has 1 heterocycles. The van der Waals surface area contributed by atoms with E-state index in [1.165, 1.54) is 11.3 Å². The third-order valence-corrected chi connectivity index (χ3v) is 3.47. The first kappa shape index (κ1) is 12.3. The molecule has 0 radical (unpaired) electrons. The number of aryl methyl sites for hydroxylation is 1. The summed E-state index contributed by atoms with van der Waals surface area (Å²) in [5.41, 5.74) is 3.43. The van der Waals surface area contributed by atoms with E-state index in [1.54, 1.807) is 11.8 Å². The average molecular weight is 250 g/mol. The van der Waals surface area contributed by atoms with Crippen LogP contribution in [0.25, 0.3) is 0 Å². The van der Waals surface area contributed by atoms with Gasteiger partial charge in [0.2, 0.25) is 5.91 Å². The molecule has 0 aromatic heterocycles. The quantitative estimate of drug-likeness (QED) is 0.863. The van der Waals surface area contributed by atoms with Crippen LogP contribution >= 0.6 is 11.8 Å². The number of fused-ring (bicyclic) bond motifs is 1. The molecular formula is C13H18N2OS. The van der Waals surface area contributed by atoms with Crippen LogP contribution < -0.4 is 10.6 Å². The lowest BCUT2D eigenvalue weighted by molar-refractivity contribution is -0.115. The fraction of sp³-hybridized carbons (Fsp3) is 0.462. The first-order chi connectivity index (χ1) is 8.29. The second-order valence-electron chi connectivity index (χ2n) is 4.19. The number of carbonyl (C=O) groups excluding carboxylic acids is 1. The van der Waals surface area contributed by atoms with Crippen molar-refractivity contribution in [1.29, 1.82) is 0 Å². The standard InChI is InChI=1S/C13H18N2OS/c1-17-8-6-13(16)15-11-4-5-12-10(9-11)3-2-7-14-12/h4-5,9,14H,2-3,6-8H2,1H3,(H,15,16). The minimum absolute atomic E-state index is 0.100. The van der Waals surface area contributed by atoms with Crippen LogP contribution in [-0.4, -0.2) is 24.5 Å². The highest BCUT2D eigenvalue weighted by molar-refractivity contribution is 7.98. The predicted molar refractivity (Wildman–Crippen MR) is 74.9 cm³/mol. The van der Waals surface area contributed by atoms with Crippen LogP contribution in [0.1, 0.15) is 18.4 Å². The maximum absolute atomic E-state index is 11.6. The summed E-state index contributed by atoms with van der Waals surface area (Å²) < 4.78 is 0. The molecule has 0 saturated carbocycles. The van der Waals surface area contributed by atoms with Gasteiger partial charge in [-0.1, -0.05) is 0 Å². The minimum atomic E-state index is 0.100.